The molecule has 32 heavy (non-hydrogen) atoms. The van der Waals surface area contributed by atoms with Gasteiger partial charge in [0.1, 0.15) is 5.82 Å². The lowest BCUT2D eigenvalue weighted by molar-refractivity contribution is -0.118. The normalized spacial score (nSPS) is 15.9. The molecule has 1 amide bonds. The number of aromatic nitrogens is 1. The molecule has 3 aromatic rings. The molecule has 0 radical (unpaired) electrons. The number of sulfonamides is 1. The van der Waals surface area contributed by atoms with E-state index in [0.717, 1.165) is 24.0 Å². The van der Waals surface area contributed by atoms with E-state index >= 15 is 0 Å². The van der Waals surface area contributed by atoms with E-state index in [1.165, 1.54) is 12.1 Å². The minimum absolute atomic E-state index is 0. The van der Waals surface area contributed by atoms with Crippen molar-refractivity contribution in [3.05, 3.63) is 65.9 Å². The number of pyridine rings is 1. The van der Waals surface area contributed by atoms with Crippen LogP contribution in [-0.4, -0.2) is 26.1 Å². The molecule has 8 nitrogen and oxygen atoms in total. The highest BCUT2D eigenvalue weighted by Crippen LogP contribution is 2.51. The largest absolute Gasteiger partial charge is 0.454 e. The summed E-state index contributed by atoms with van der Waals surface area (Å²) in [6, 6.07) is 15.5. The van der Waals surface area contributed by atoms with Crippen LogP contribution in [0.1, 0.15) is 28.4 Å². The van der Waals surface area contributed by atoms with E-state index in [-0.39, 0.29) is 21.9 Å². The fourth-order valence-corrected chi connectivity index (χ4v) is 4.54. The molecule has 0 saturated heterocycles. The molecule has 3 N–H and O–H groups in total. The second kappa shape index (κ2) is 7.32. The second-order valence-corrected chi connectivity index (χ2v) is 9.57. The lowest BCUT2D eigenvalue weighted by Gasteiger charge is -2.17. The Kier molecular flexibility index (Phi) is 4.68. The number of carbonyl (C=O) groups excluding carboxylic acids is 1. The summed E-state index contributed by atoms with van der Waals surface area (Å²) < 4.78 is 34.1. The topological polar surface area (TPSA) is 121 Å². The highest BCUT2D eigenvalue weighted by molar-refractivity contribution is 7.89. The van der Waals surface area contributed by atoms with Crippen molar-refractivity contribution in [1.29, 1.82) is 0 Å². The minimum atomic E-state index is -3.80. The molecule has 0 bridgehead atoms. The Bertz CT molecular complexity index is 1360. The maximum atomic E-state index is 13.1. The molecule has 1 saturated carbocycles. The van der Waals surface area contributed by atoms with E-state index in [4.69, 9.17) is 14.6 Å². The van der Waals surface area contributed by atoms with Crippen molar-refractivity contribution in [3.63, 3.8) is 0 Å². The molecular weight excluding hydrogens is 430 g/mol. The van der Waals surface area contributed by atoms with Crippen molar-refractivity contribution in [3.8, 4) is 22.6 Å². The third-order valence-electron chi connectivity index (χ3n) is 5.91. The first-order valence-electron chi connectivity index (χ1n) is 10.1. The predicted molar refractivity (Wildman–Crippen MR) is 124 cm³/mol. The van der Waals surface area contributed by atoms with Crippen LogP contribution < -0.4 is 19.9 Å². The van der Waals surface area contributed by atoms with Gasteiger partial charge in [-0.1, -0.05) is 18.2 Å². The third-order valence-corrected chi connectivity index (χ3v) is 6.82. The van der Waals surface area contributed by atoms with Crippen LogP contribution in [0.3, 0.4) is 0 Å². The number of hydrogen-bond acceptors (Lipinski definition) is 6. The van der Waals surface area contributed by atoms with Crippen LogP contribution in [0.15, 0.2) is 59.5 Å². The molecule has 0 unspecified atom stereocenters. The number of amides is 1. The van der Waals surface area contributed by atoms with Gasteiger partial charge in [-0.25, -0.2) is 18.5 Å². The van der Waals surface area contributed by atoms with Gasteiger partial charge in [0.05, 0.1) is 10.3 Å². The molecule has 9 heteroatoms. The molecule has 1 aliphatic carbocycles. The summed E-state index contributed by atoms with van der Waals surface area (Å²) in [5, 5.41) is 8.17. The molecular formula is C23H27N3O5S. The summed E-state index contributed by atoms with van der Waals surface area (Å²) in [4.78, 5) is 17.7. The van der Waals surface area contributed by atoms with Crippen molar-refractivity contribution < 1.29 is 27.0 Å². The predicted octanol–water partition coefficient (Wildman–Crippen LogP) is 3.84. The Morgan fingerprint density at radius 1 is 1.09 bits per heavy atom. The number of hydrogen-bond donors (Lipinski definition) is 2. The first-order valence-corrected chi connectivity index (χ1v) is 11.6. The zero-order chi connectivity index (χ0) is 22.5. The van der Waals surface area contributed by atoms with Crippen LogP contribution >= 0.6 is 0 Å². The molecule has 0 atom stereocenters. The number of carbonyl (C=O) groups is 1. The van der Waals surface area contributed by atoms with Gasteiger partial charge in [0.15, 0.2) is 11.5 Å². The molecule has 5 rings (SSSR count). The standard InChI is InChI=1S/C23H21N3O5S.3H2/c1-14-18(15-3-2-4-17(11-15)32(24,28)29)6-8-21(25-14)26-22(27)23(9-10-23)16-5-7-19-20(12-16)31-13-30-19;;;/h2-8,11-12H,9-10,13H2,1H3,(H2,24,28,29)(H,25,26,27);3*1H. The van der Waals surface area contributed by atoms with E-state index in [9.17, 15) is 13.2 Å². The average molecular weight is 458 g/mol. The molecule has 2 heterocycles. The van der Waals surface area contributed by atoms with Gasteiger partial charge in [-0.2, -0.15) is 0 Å². The van der Waals surface area contributed by atoms with E-state index in [2.05, 4.69) is 10.3 Å². The third kappa shape index (κ3) is 3.59. The number of nitrogens with one attached hydrogen (secondary N) is 1. The summed E-state index contributed by atoms with van der Waals surface area (Å²) in [7, 11) is -3.80. The summed E-state index contributed by atoms with van der Waals surface area (Å²) in [5.41, 5.74) is 2.39. The van der Waals surface area contributed by atoms with E-state index in [1.54, 1.807) is 31.2 Å². The first kappa shape index (κ1) is 20.5. The number of primary sulfonamides is 1. The Labute approximate surface area is 189 Å². The SMILES string of the molecule is Cc1nc(NC(=O)C2(c3ccc4c(c3)OCO4)CC2)ccc1-c1cccc(S(N)(=O)=O)c1.[HH].[HH].[HH]. The quantitative estimate of drug-likeness (QED) is 0.600. The smallest absolute Gasteiger partial charge is 0.238 e. The Morgan fingerprint density at radius 2 is 1.88 bits per heavy atom. The van der Waals surface area contributed by atoms with E-state index < -0.39 is 15.4 Å². The lowest BCUT2D eigenvalue weighted by Crippen LogP contribution is -2.28. The first-order chi connectivity index (χ1) is 15.3. The molecule has 2 aromatic carbocycles. The Balaban J connectivity index is 0.00000144. The number of ether oxygens (including phenoxy) is 2. The molecule has 1 fully saturated rings. The summed E-state index contributed by atoms with van der Waals surface area (Å²) in [5.74, 6) is 1.66. The van der Waals surface area contributed by atoms with Gasteiger partial charge in [0.2, 0.25) is 22.7 Å². The zero-order valence-electron chi connectivity index (χ0n) is 17.3. The van der Waals surface area contributed by atoms with Gasteiger partial charge in [0, 0.05) is 15.5 Å². The lowest BCUT2D eigenvalue weighted by atomic mass is 9.94. The number of nitrogens with two attached hydrogens (primary N) is 1. The number of anilines is 1. The van der Waals surface area contributed by atoms with Gasteiger partial charge in [-0.3, -0.25) is 4.79 Å². The maximum absolute atomic E-state index is 13.1. The fraction of sp³-hybridized carbons (Fsp3) is 0.217. The highest BCUT2D eigenvalue weighted by atomic mass is 32.2. The monoisotopic (exact) mass is 457 g/mol. The number of benzene rings is 2. The summed E-state index contributed by atoms with van der Waals surface area (Å²) >= 11 is 0. The van der Waals surface area contributed by atoms with Gasteiger partial charge >= 0.3 is 0 Å². The Hall–Kier alpha value is -3.43. The van der Waals surface area contributed by atoms with Gasteiger partial charge in [-0.15, -0.1) is 0 Å². The molecule has 0 spiro atoms. The Morgan fingerprint density at radius 3 is 2.59 bits per heavy atom. The van der Waals surface area contributed by atoms with Crippen molar-refractivity contribution in [1.82, 2.24) is 4.98 Å². The van der Waals surface area contributed by atoms with Crippen molar-refractivity contribution in [2.24, 2.45) is 5.14 Å². The van der Waals surface area contributed by atoms with Crippen LogP contribution in [0.25, 0.3) is 11.1 Å². The minimum Gasteiger partial charge on any atom is -0.454 e. The van der Waals surface area contributed by atoms with Crippen molar-refractivity contribution in [2.45, 2.75) is 30.1 Å². The zero-order valence-corrected chi connectivity index (χ0v) is 18.1. The number of rotatable bonds is 5. The average Bonchev–Trinajstić information content (AvgIpc) is 3.44. The van der Waals surface area contributed by atoms with Crippen LogP contribution in [0.2, 0.25) is 0 Å². The van der Waals surface area contributed by atoms with E-state index in [1.807, 2.05) is 18.2 Å². The van der Waals surface area contributed by atoms with Crippen LogP contribution in [0.5, 0.6) is 11.5 Å². The highest BCUT2D eigenvalue weighted by Gasteiger charge is 2.51. The van der Waals surface area contributed by atoms with Gasteiger partial charge in [0.25, 0.3) is 0 Å². The summed E-state index contributed by atoms with van der Waals surface area (Å²) in [6.07, 6.45) is 1.49. The second-order valence-electron chi connectivity index (χ2n) is 8.01. The maximum Gasteiger partial charge on any atom is 0.238 e. The fourth-order valence-electron chi connectivity index (χ4n) is 3.98. The van der Waals surface area contributed by atoms with E-state index in [0.29, 0.717) is 28.6 Å². The molecule has 2 aliphatic rings. The van der Waals surface area contributed by atoms with Gasteiger partial charge < -0.3 is 14.8 Å². The van der Waals surface area contributed by atoms with Crippen molar-refractivity contribution in [2.75, 3.05) is 12.1 Å². The molecule has 1 aromatic heterocycles. The molecule has 170 valence electrons. The number of nitrogens with zero attached hydrogens (tertiary/aromatic N) is 1. The summed E-state index contributed by atoms with van der Waals surface area (Å²) in [6.45, 7) is 1.99. The van der Waals surface area contributed by atoms with Crippen LogP contribution in [0, 0.1) is 6.92 Å². The number of aryl methyl sites for hydroxylation is 1. The van der Waals surface area contributed by atoms with Crippen molar-refractivity contribution >= 4 is 21.7 Å². The molecule has 1 aliphatic heterocycles. The number of fused-ring (bicyclic) bond motifs is 1. The van der Waals surface area contributed by atoms with Crippen LogP contribution in [0.4, 0.5) is 5.82 Å². The van der Waals surface area contributed by atoms with Gasteiger partial charge in [-0.05, 0) is 67.3 Å². The van der Waals surface area contributed by atoms with Crippen LogP contribution in [-0.2, 0) is 20.2 Å².